The third-order valence-electron chi connectivity index (χ3n) is 3.98. The molecule has 3 rings (SSSR count). The lowest BCUT2D eigenvalue weighted by atomic mass is 10.2. The number of carbonyl (C=O) groups is 1. The maximum Gasteiger partial charge on any atom is 0.246 e. The van der Waals surface area contributed by atoms with Gasteiger partial charge in [0.15, 0.2) is 0 Å². The Hall–Kier alpha value is -2.12. The van der Waals surface area contributed by atoms with Crippen LogP contribution in [0.3, 0.4) is 0 Å². The zero-order chi connectivity index (χ0) is 19.4. The van der Waals surface area contributed by atoms with Crippen molar-refractivity contribution < 1.29 is 9.32 Å². The molecule has 0 unspecified atom stereocenters. The third-order valence-corrected chi connectivity index (χ3v) is 5.57. The number of nitrogens with zero attached hydrogens (tertiary/aromatic N) is 3. The zero-order valence-electron chi connectivity index (χ0n) is 15.3. The van der Waals surface area contributed by atoms with Gasteiger partial charge in [-0.25, -0.2) is 0 Å². The number of hydrogen-bond donors (Lipinski definition) is 0. The Bertz CT molecular complexity index is 927. The Morgan fingerprint density at radius 2 is 2.00 bits per heavy atom. The van der Waals surface area contributed by atoms with E-state index in [1.807, 2.05) is 62.4 Å². The zero-order valence-corrected chi connectivity index (χ0v) is 17.8. The van der Waals surface area contributed by atoms with Gasteiger partial charge in [-0.3, -0.25) is 4.79 Å². The van der Waals surface area contributed by atoms with Crippen LogP contribution in [0.25, 0.3) is 11.4 Å². The van der Waals surface area contributed by atoms with Gasteiger partial charge in [-0.15, -0.1) is 11.8 Å². The highest BCUT2D eigenvalue weighted by Gasteiger charge is 2.21. The molecular formula is C20H20BrN3O2S. The van der Waals surface area contributed by atoms with Gasteiger partial charge in [0, 0.05) is 22.0 Å². The van der Waals surface area contributed by atoms with Gasteiger partial charge < -0.3 is 9.42 Å². The van der Waals surface area contributed by atoms with Crippen LogP contribution in [0.2, 0.25) is 0 Å². The molecule has 0 N–H and O–H groups in total. The van der Waals surface area contributed by atoms with Gasteiger partial charge in [0.2, 0.25) is 17.6 Å². The topological polar surface area (TPSA) is 59.2 Å². The summed E-state index contributed by atoms with van der Waals surface area (Å²) in [6.07, 6.45) is 0. The van der Waals surface area contributed by atoms with Gasteiger partial charge in [-0.2, -0.15) is 4.98 Å². The van der Waals surface area contributed by atoms with E-state index in [0.717, 1.165) is 14.9 Å². The van der Waals surface area contributed by atoms with Crippen LogP contribution in [-0.2, 0) is 11.3 Å². The summed E-state index contributed by atoms with van der Waals surface area (Å²) in [5.74, 6) is 0.936. The fourth-order valence-corrected chi connectivity index (χ4v) is 3.91. The Morgan fingerprint density at radius 1 is 1.26 bits per heavy atom. The van der Waals surface area contributed by atoms with E-state index in [2.05, 4.69) is 26.1 Å². The molecule has 7 heteroatoms. The number of aryl methyl sites for hydroxylation is 1. The predicted molar refractivity (Wildman–Crippen MR) is 110 cm³/mol. The molecule has 0 aliphatic carbocycles. The Morgan fingerprint density at radius 3 is 2.70 bits per heavy atom. The third kappa shape index (κ3) is 5.20. The lowest BCUT2D eigenvalue weighted by molar-refractivity contribution is -0.129. The largest absolute Gasteiger partial charge is 0.337 e. The number of thioether (sulfide) groups is 1. The second kappa shape index (κ2) is 8.71. The standard InChI is InChI=1S/C20H20BrN3O2S/c1-13-7-9-17(10-8-13)27-14(2)20(25)24(3)12-18-22-19(23-26-18)15-5-4-6-16(21)11-15/h4-11,14H,12H2,1-3H3/t14-/m1/s1. The number of carbonyl (C=O) groups excluding carboxylic acids is 1. The molecule has 0 radical (unpaired) electrons. The van der Waals surface area contributed by atoms with Gasteiger partial charge in [0.05, 0.1) is 11.8 Å². The van der Waals surface area contributed by atoms with Crippen LogP contribution in [0.15, 0.2) is 62.4 Å². The van der Waals surface area contributed by atoms with E-state index in [0.29, 0.717) is 11.7 Å². The molecule has 5 nitrogen and oxygen atoms in total. The van der Waals surface area contributed by atoms with E-state index in [9.17, 15) is 4.79 Å². The summed E-state index contributed by atoms with van der Waals surface area (Å²) in [7, 11) is 1.75. The lowest BCUT2D eigenvalue weighted by Crippen LogP contribution is -2.32. The minimum atomic E-state index is -0.204. The molecular weight excluding hydrogens is 426 g/mol. The van der Waals surface area contributed by atoms with Crippen molar-refractivity contribution in [1.29, 1.82) is 0 Å². The molecule has 0 saturated heterocycles. The molecule has 0 spiro atoms. The van der Waals surface area contributed by atoms with Crippen molar-refractivity contribution in [3.05, 3.63) is 64.5 Å². The van der Waals surface area contributed by atoms with E-state index < -0.39 is 0 Å². The first-order valence-electron chi connectivity index (χ1n) is 8.49. The van der Waals surface area contributed by atoms with Crippen LogP contribution < -0.4 is 0 Å². The molecule has 140 valence electrons. The molecule has 1 aromatic heterocycles. The van der Waals surface area contributed by atoms with Crippen LogP contribution >= 0.6 is 27.7 Å². The van der Waals surface area contributed by atoms with E-state index >= 15 is 0 Å². The first kappa shape index (κ1) is 19.6. The highest BCUT2D eigenvalue weighted by atomic mass is 79.9. The first-order chi connectivity index (χ1) is 12.9. The van der Waals surface area contributed by atoms with E-state index in [-0.39, 0.29) is 17.7 Å². The SMILES string of the molecule is Cc1ccc(S[C@H](C)C(=O)N(C)Cc2nc(-c3cccc(Br)c3)no2)cc1. The van der Waals surface area contributed by atoms with Crippen molar-refractivity contribution in [2.75, 3.05) is 7.05 Å². The quantitative estimate of drug-likeness (QED) is 0.502. The molecule has 0 saturated carbocycles. The van der Waals surface area contributed by atoms with Crippen molar-refractivity contribution in [2.24, 2.45) is 0 Å². The van der Waals surface area contributed by atoms with Gasteiger partial charge in [0.25, 0.3) is 0 Å². The Kier molecular flexibility index (Phi) is 6.34. The summed E-state index contributed by atoms with van der Waals surface area (Å²) < 4.78 is 6.26. The lowest BCUT2D eigenvalue weighted by Gasteiger charge is -2.19. The number of hydrogen-bond acceptors (Lipinski definition) is 5. The smallest absolute Gasteiger partial charge is 0.246 e. The molecule has 0 fully saturated rings. The highest BCUT2D eigenvalue weighted by molar-refractivity contribution is 9.10. The fraction of sp³-hybridized carbons (Fsp3) is 0.250. The average molecular weight is 446 g/mol. The van der Waals surface area contributed by atoms with Crippen LogP contribution in [0.5, 0.6) is 0 Å². The molecule has 1 atom stereocenters. The maximum absolute atomic E-state index is 12.6. The van der Waals surface area contributed by atoms with Crippen molar-refractivity contribution in [3.8, 4) is 11.4 Å². The van der Waals surface area contributed by atoms with E-state index in [1.165, 1.54) is 17.3 Å². The Labute approximate surface area is 171 Å². The van der Waals surface area contributed by atoms with Gasteiger partial charge in [0.1, 0.15) is 0 Å². The summed E-state index contributed by atoms with van der Waals surface area (Å²) in [5.41, 5.74) is 2.06. The number of aromatic nitrogens is 2. The van der Waals surface area contributed by atoms with Crippen LogP contribution in [0.1, 0.15) is 18.4 Å². The number of halogens is 1. The van der Waals surface area contributed by atoms with Crippen LogP contribution in [0.4, 0.5) is 0 Å². The monoisotopic (exact) mass is 445 g/mol. The number of benzene rings is 2. The highest BCUT2D eigenvalue weighted by Crippen LogP contribution is 2.25. The summed E-state index contributed by atoms with van der Waals surface area (Å²) in [6, 6.07) is 15.8. The molecule has 0 aliphatic rings. The number of rotatable bonds is 6. The average Bonchev–Trinajstić information content (AvgIpc) is 3.11. The van der Waals surface area contributed by atoms with Gasteiger partial charge in [-0.1, -0.05) is 50.9 Å². The van der Waals surface area contributed by atoms with Crippen molar-refractivity contribution in [3.63, 3.8) is 0 Å². The van der Waals surface area contributed by atoms with Crippen molar-refractivity contribution in [2.45, 2.75) is 30.5 Å². The van der Waals surface area contributed by atoms with Gasteiger partial charge >= 0.3 is 0 Å². The second-order valence-electron chi connectivity index (χ2n) is 6.29. The van der Waals surface area contributed by atoms with Crippen molar-refractivity contribution >= 4 is 33.6 Å². The molecule has 2 aromatic carbocycles. The van der Waals surface area contributed by atoms with Crippen molar-refractivity contribution in [1.82, 2.24) is 15.0 Å². The molecule has 3 aromatic rings. The molecule has 0 aliphatic heterocycles. The van der Waals surface area contributed by atoms with E-state index in [4.69, 9.17) is 4.52 Å². The van der Waals surface area contributed by atoms with Gasteiger partial charge in [-0.05, 0) is 38.1 Å². The minimum absolute atomic E-state index is 0.0165. The second-order valence-corrected chi connectivity index (χ2v) is 8.62. The number of amides is 1. The molecule has 1 amide bonds. The normalized spacial score (nSPS) is 12.0. The van der Waals surface area contributed by atoms with Crippen LogP contribution in [0, 0.1) is 6.92 Å². The first-order valence-corrected chi connectivity index (χ1v) is 10.2. The molecule has 0 bridgehead atoms. The van der Waals surface area contributed by atoms with Crippen LogP contribution in [-0.4, -0.2) is 33.2 Å². The summed E-state index contributed by atoms with van der Waals surface area (Å²) in [4.78, 5) is 19.7. The Balaban J connectivity index is 1.61. The fourth-order valence-electron chi connectivity index (χ4n) is 2.53. The summed E-state index contributed by atoms with van der Waals surface area (Å²) in [5, 5.41) is 3.81. The van der Waals surface area contributed by atoms with E-state index in [1.54, 1.807) is 11.9 Å². The minimum Gasteiger partial charge on any atom is -0.337 e. The summed E-state index contributed by atoms with van der Waals surface area (Å²) >= 11 is 4.97. The predicted octanol–water partition coefficient (Wildman–Crippen LogP) is 4.95. The maximum atomic E-state index is 12.6. The molecule has 27 heavy (non-hydrogen) atoms. The summed E-state index contributed by atoms with van der Waals surface area (Å²) in [6.45, 7) is 4.23. The molecule has 1 heterocycles.